The summed E-state index contributed by atoms with van der Waals surface area (Å²) in [4.78, 5) is 2.38. The molecule has 0 amide bonds. The number of rotatable bonds is 4. The highest BCUT2D eigenvalue weighted by atomic mass is 16.5. The van der Waals surface area contributed by atoms with Crippen LogP contribution in [0.2, 0.25) is 0 Å². The Morgan fingerprint density at radius 3 is 3.00 bits per heavy atom. The lowest BCUT2D eigenvalue weighted by molar-refractivity contribution is 0.0322. The van der Waals surface area contributed by atoms with Gasteiger partial charge >= 0.3 is 0 Å². The van der Waals surface area contributed by atoms with Crippen LogP contribution in [-0.2, 0) is 11.2 Å². The van der Waals surface area contributed by atoms with Crippen LogP contribution in [0.25, 0.3) is 0 Å². The lowest BCUT2D eigenvalue weighted by Gasteiger charge is -2.26. The van der Waals surface area contributed by atoms with Crippen LogP contribution in [0.3, 0.4) is 0 Å². The van der Waals surface area contributed by atoms with Crippen molar-refractivity contribution in [2.75, 3.05) is 39.5 Å². The normalized spacial score (nSPS) is 23.4. The summed E-state index contributed by atoms with van der Waals surface area (Å²) in [5.74, 6) is 0.953. The lowest BCUT2D eigenvalue weighted by atomic mass is 9.88. The molecule has 1 aromatic rings. The van der Waals surface area contributed by atoms with Gasteiger partial charge in [0.2, 0.25) is 0 Å². The van der Waals surface area contributed by atoms with Crippen LogP contribution in [0.15, 0.2) is 18.2 Å². The van der Waals surface area contributed by atoms with E-state index in [0.717, 1.165) is 58.0 Å². The monoisotopic (exact) mass is 276 g/mol. The molecule has 2 aliphatic rings. The van der Waals surface area contributed by atoms with Crippen LogP contribution >= 0.6 is 0 Å². The molecule has 1 aliphatic carbocycles. The minimum atomic E-state index is 0.182. The van der Waals surface area contributed by atoms with Crippen LogP contribution < -0.4 is 10.5 Å². The molecule has 1 fully saturated rings. The topological polar surface area (TPSA) is 47.7 Å². The maximum absolute atomic E-state index is 6.18. The van der Waals surface area contributed by atoms with Gasteiger partial charge < -0.3 is 15.2 Å². The fourth-order valence-corrected chi connectivity index (χ4v) is 3.02. The number of hydrogen-bond acceptors (Lipinski definition) is 4. The molecular formula is C16H24N2O2. The summed E-state index contributed by atoms with van der Waals surface area (Å²) in [6.07, 6.45) is 3.44. The van der Waals surface area contributed by atoms with Crippen molar-refractivity contribution in [1.29, 1.82) is 0 Å². The van der Waals surface area contributed by atoms with Gasteiger partial charge in [0.15, 0.2) is 0 Å². The van der Waals surface area contributed by atoms with Gasteiger partial charge in [-0.25, -0.2) is 0 Å². The summed E-state index contributed by atoms with van der Waals surface area (Å²) < 4.78 is 11.2. The Labute approximate surface area is 120 Å². The number of aryl methyl sites for hydroxylation is 1. The van der Waals surface area contributed by atoms with Crippen LogP contribution in [0.1, 0.15) is 30.0 Å². The first kappa shape index (κ1) is 13.9. The van der Waals surface area contributed by atoms with Gasteiger partial charge in [0.25, 0.3) is 0 Å². The van der Waals surface area contributed by atoms with E-state index in [9.17, 15) is 0 Å². The molecule has 2 N–H and O–H groups in total. The van der Waals surface area contributed by atoms with Gasteiger partial charge in [0, 0.05) is 25.7 Å². The number of ether oxygens (including phenoxy) is 2. The van der Waals surface area contributed by atoms with Crippen molar-refractivity contribution in [2.24, 2.45) is 5.73 Å². The Morgan fingerprint density at radius 2 is 2.15 bits per heavy atom. The third kappa shape index (κ3) is 3.32. The summed E-state index contributed by atoms with van der Waals surface area (Å²) >= 11 is 0. The first-order valence-electron chi connectivity index (χ1n) is 7.64. The standard InChI is InChI=1S/C16H24N2O2/c17-16-3-1-2-13-4-5-14(12-15(13)16)20-11-8-18-6-9-19-10-7-18/h4-5,12,16H,1-3,6-11,17H2. The Bertz CT molecular complexity index is 444. The quantitative estimate of drug-likeness (QED) is 0.910. The molecule has 0 saturated carbocycles. The molecule has 0 aromatic heterocycles. The fraction of sp³-hybridized carbons (Fsp3) is 0.625. The van der Waals surface area contributed by atoms with Crippen LogP contribution in [0.5, 0.6) is 5.75 Å². The Balaban J connectivity index is 1.53. The van der Waals surface area contributed by atoms with Crippen molar-refractivity contribution >= 4 is 0 Å². The van der Waals surface area contributed by atoms with E-state index in [0.29, 0.717) is 0 Å². The van der Waals surface area contributed by atoms with Crippen LogP contribution in [-0.4, -0.2) is 44.4 Å². The summed E-state index contributed by atoms with van der Waals surface area (Å²) in [6, 6.07) is 6.58. The second-order valence-corrected chi connectivity index (χ2v) is 5.66. The van der Waals surface area contributed by atoms with Crippen molar-refractivity contribution in [3.63, 3.8) is 0 Å². The predicted molar refractivity (Wildman–Crippen MR) is 79.1 cm³/mol. The highest BCUT2D eigenvalue weighted by Gasteiger charge is 2.17. The molecule has 1 atom stereocenters. The zero-order valence-corrected chi connectivity index (χ0v) is 12.0. The smallest absolute Gasteiger partial charge is 0.119 e. The van der Waals surface area contributed by atoms with E-state index >= 15 is 0 Å². The van der Waals surface area contributed by atoms with E-state index in [-0.39, 0.29) is 6.04 Å². The van der Waals surface area contributed by atoms with Crippen LogP contribution in [0.4, 0.5) is 0 Å². The number of nitrogens with zero attached hydrogens (tertiary/aromatic N) is 1. The van der Waals surface area contributed by atoms with Crippen molar-refractivity contribution < 1.29 is 9.47 Å². The highest BCUT2D eigenvalue weighted by Crippen LogP contribution is 2.30. The molecular weight excluding hydrogens is 252 g/mol. The zero-order chi connectivity index (χ0) is 13.8. The number of morpholine rings is 1. The van der Waals surface area contributed by atoms with Gasteiger partial charge in [-0.3, -0.25) is 4.90 Å². The number of hydrogen-bond donors (Lipinski definition) is 1. The highest BCUT2D eigenvalue weighted by molar-refractivity contribution is 5.39. The minimum Gasteiger partial charge on any atom is -0.492 e. The van der Waals surface area contributed by atoms with E-state index in [2.05, 4.69) is 23.1 Å². The number of fused-ring (bicyclic) bond motifs is 1. The van der Waals surface area contributed by atoms with E-state index in [4.69, 9.17) is 15.2 Å². The Morgan fingerprint density at radius 1 is 1.30 bits per heavy atom. The van der Waals surface area contributed by atoms with E-state index in [1.54, 1.807) is 0 Å². The average Bonchev–Trinajstić information content (AvgIpc) is 2.49. The second-order valence-electron chi connectivity index (χ2n) is 5.66. The molecule has 0 radical (unpaired) electrons. The first-order chi connectivity index (χ1) is 9.83. The molecule has 3 rings (SSSR count). The van der Waals surface area contributed by atoms with E-state index in [1.807, 2.05) is 0 Å². The minimum absolute atomic E-state index is 0.182. The van der Waals surface area contributed by atoms with Gasteiger partial charge in [-0.1, -0.05) is 6.07 Å². The van der Waals surface area contributed by atoms with Crippen molar-refractivity contribution in [3.8, 4) is 5.75 Å². The van der Waals surface area contributed by atoms with Gasteiger partial charge in [0.05, 0.1) is 13.2 Å². The molecule has 1 saturated heterocycles. The molecule has 4 nitrogen and oxygen atoms in total. The maximum atomic E-state index is 6.18. The molecule has 1 heterocycles. The summed E-state index contributed by atoms with van der Waals surface area (Å²) in [7, 11) is 0. The summed E-state index contributed by atoms with van der Waals surface area (Å²) in [5.41, 5.74) is 8.85. The van der Waals surface area contributed by atoms with Crippen molar-refractivity contribution in [3.05, 3.63) is 29.3 Å². The average molecular weight is 276 g/mol. The maximum Gasteiger partial charge on any atom is 0.119 e. The van der Waals surface area contributed by atoms with Gasteiger partial charge in [-0.15, -0.1) is 0 Å². The molecule has 1 aromatic carbocycles. The third-order valence-electron chi connectivity index (χ3n) is 4.26. The van der Waals surface area contributed by atoms with Crippen molar-refractivity contribution in [2.45, 2.75) is 25.3 Å². The van der Waals surface area contributed by atoms with Gasteiger partial charge in [0.1, 0.15) is 12.4 Å². The predicted octanol–water partition coefficient (Wildman–Crippen LogP) is 1.73. The largest absolute Gasteiger partial charge is 0.492 e. The fourth-order valence-electron chi connectivity index (χ4n) is 3.02. The summed E-state index contributed by atoms with van der Waals surface area (Å²) in [6.45, 7) is 5.40. The molecule has 1 unspecified atom stereocenters. The first-order valence-corrected chi connectivity index (χ1v) is 7.64. The molecule has 1 aliphatic heterocycles. The number of benzene rings is 1. The van der Waals surface area contributed by atoms with Crippen LogP contribution in [0, 0.1) is 0 Å². The zero-order valence-electron chi connectivity index (χ0n) is 12.0. The molecule has 110 valence electrons. The number of nitrogens with two attached hydrogens (primary N) is 1. The molecule has 4 heteroatoms. The Hall–Kier alpha value is -1.10. The second kappa shape index (κ2) is 6.57. The summed E-state index contributed by atoms with van der Waals surface area (Å²) in [5, 5.41) is 0. The Kier molecular flexibility index (Phi) is 4.55. The lowest BCUT2D eigenvalue weighted by Crippen LogP contribution is -2.38. The van der Waals surface area contributed by atoms with E-state index < -0.39 is 0 Å². The van der Waals surface area contributed by atoms with E-state index in [1.165, 1.54) is 17.5 Å². The third-order valence-corrected chi connectivity index (χ3v) is 4.26. The molecule has 0 spiro atoms. The van der Waals surface area contributed by atoms with Gasteiger partial charge in [-0.05, 0) is 42.5 Å². The molecule has 20 heavy (non-hydrogen) atoms. The van der Waals surface area contributed by atoms with Crippen molar-refractivity contribution in [1.82, 2.24) is 4.90 Å². The SMILES string of the molecule is NC1CCCc2ccc(OCCN3CCOCC3)cc21. The van der Waals surface area contributed by atoms with Gasteiger partial charge in [-0.2, -0.15) is 0 Å². The molecule has 0 bridgehead atoms.